The zero-order valence-corrected chi connectivity index (χ0v) is 16.6. The lowest BCUT2D eigenvalue weighted by Gasteiger charge is -2.21. The van der Waals surface area contributed by atoms with Gasteiger partial charge in [-0.05, 0) is 49.9 Å². The Morgan fingerprint density at radius 3 is 1.30 bits per heavy atom. The van der Waals surface area contributed by atoms with E-state index in [4.69, 9.17) is 19.7 Å². The summed E-state index contributed by atoms with van der Waals surface area (Å²) in [4.78, 5) is 24.4. The average molecular weight is 430 g/mol. The van der Waals surface area contributed by atoms with Crippen molar-refractivity contribution in [3.05, 3.63) is 35.4 Å². The van der Waals surface area contributed by atoms with Gasteiger partial charge in [0.1, 0.15) is 0 Å². The highest BCUT2D eigenvalue weighted by atomic mass is 16.6. The van der Waals surface area contributed by atoms with Crippen LogP contribution in [-0.4, -0.2) is 93.4 Å². The first-order valence-corrected chi connectivity index (χ1v) is 9.69. The van der Waals surface area contributed by atoms with Gasteiger partial charge in [-0.25, -0.2) is 9.59 Å². The van der Waals surface area contributed by atoms with Gasteiger partial charge in [-0.2, -0.15) is 0 Å². The van der Waals surface area contributed by atoms with E-state index in [0.717, 1.165) is 0 Å². The molecule has 0 aromatic heterocycles. The Morgan fingerprint density at radius 2 is 1.03 bits per heavy atom. The summed E-state index contributed by atoms with van der Waals surface area (Å²) in [5, 5.41) is 56.0. The van der Waals surface area contributed by atoms with Crippen molar-refractivity contribution in [2.24, 2.45) is 0 Å². The number of hydrogen-bond donors (Lipinski definition) is 6. The van der Waals surface area contributed by atoms with Gasteiger partial charge in [0.25, 0.3) is 0 Å². The topological polar surface area (TPSA) is 174 Å². The second kappa shape index (κ2) is 14.0. The molecular formula is C20H30O10. The molecule has 0 heterocycles. The molecular weight excluding hydrogens is 400 g/mol. The van der Waals surface area contributed by atoms with Gasteiger partial charge in [-0.1, -0.05) is 0 Å². The fourth-order valence-electron chi connectivity index (χ4n) is 2.60. The van der Waals surface area contributed by atoms with E-state index in [1.54, 1.807) is 0 Å². The largest absolute Gasteiger partial charge is 0.454 e. The van der Waals surface area contributed by atoms with Gasteiger partial charge in [0.2, 0.25) is 0 Å². The maximum Gasteiger partial charge on any atom is 0.338 e. The average Bonchev–Trinajstić information content (AvgIpc) is 2.77. The first-order valence-electron chi connectivity index (χ1n) is 9.69. The highest BCUT2D eigenvalue weighted by Crippen LogP contribution is 2.14. The Balaban J connectivity index is 2.70. The summed E-state index contributed by atoms with van der Waals surface area (Å²) in [6.07, 6.45) is -3.70. The van der Waals surface area contributed by atoms with Gasteiger partial charge in [0.15, 0.2) is 12.2 Å². The van der Waals surface area contributed by atoms with Crippen LogP contribution in [0.25, 0.3) is 0 Å². The van der Waals surface area contributed by atoms with E-state index in [1.165, 1.54) is 24.3 Å². The molecule has 10 nitrogen and oxygen atoms in total. The van der Waals surface area contributed by atoms with Crippen LogP contribution in [0, 0.1) is 0 Å². The van der Waals surface area contributed by atoms with Crippen LogP contribution in [-0.2, 0) is 9.47 Å². The number of hydrogen-bond acceptors (Lipinski definition) is 10. The summed E-state index contributed by atoms with van der Waals surface area (Å²) in [6, 6.07) is 5.18. The third-order valence-electron chi connectivity index (χ3n) is 4.41. The lowest BCUT2D eigenvalue weighted by atomic mass is 10.1. The first kappa shape index (κ1) is 26.0. The van der Waals surface area contributed by atoms with Crippen LogP contribution in [0.3, 0.4) is 0 Å². The lowest BCUT2D eigenvalue weighted by molar-refractivity contribution is -0.0441. The number of esters is 2. The van der Waals surface area contributed by atoms with Gasteiger partial charge < -0.3 is 40.1 Å². The lowest BCUT2D eigenvalue weighted by Crippen LogP contribution is -2.35. The third kappa shape index (κ3) is 8.34. The summed E-state index contributed by atoms with van der Waals surface area (Å²) >= 11 is 0. The SMILES string of the molecule is O=C(OC(CO)C(O)CCCO)c1ccc(C(=O)OC(CO)C(O)CCCO)cc1. The van der Waals surface area contributed by atoms with Gasteiger partial charge in [-0.3, -0.25) is 0 Å². The molecule has 0 saturated heterocycles. The predicted octanol–water partition coefficient (Wildman–Crippen LogP) is -1.01. The number of rotatable bonds is 14. The highest BCUT2D eigenvalue weighted by Gasteiger charge is 2.25. The third-order valence-corrected chi connectivity index (χ3v) is 4.41. The van der Waals surface area contributed by atoms with E-state index < -0.39 is 49.6 Å². The molecule has 0 saturated carbocycles. The number of carbonyl (C=O) groups excluding carboxylic acids is 2. The summed E-state index contributed by atoms with van der Waals surface area (Å²) in [5.41, 5.74) is 0.141. The summed E-state index contributed by atoms with van der Waals surface area (Å²) < 4.78 is 10.1. The molecule has 1 aromatic carbocycles. The molecule has 1 rings (SSSR count). The van der Waals surface area contributed by atoms with Crippen molar-refractivity contribution in [2.45, 2.75) is 50.1 Å². The van der Waals surface area contributed by atoms with E-state index in [2.05, 4.69) is 0 Å². The molecule has 0 aliphatic rings. The van der Waals surface area contributed by atoms with Gasteiger partial charge in [0.05, 0.1) is 36.5 Å². The molecule has 170 valence electrons. The van der Waals surface area contributed by atoms with Crippen LogP contribution < -0.4 is 0 Å². The van der Waals surface area contributed by atoms with Crippen LogP contribution >= 0.6 is 0 Å². The minimum atomic E-state index is -1.15. The Labute approximate surface area is 174 Å². The molecule has 0 radical (unpaired) electrons. The number of aliphatic hydroxyl groups is 6. The number of carbonyl (C=O) groups is 2. The van der Waals surface area contributed by atoms with Gasteiger partial charge in [-0.15, -0.1) is 0 Å². The van der Waals surface area contributed by atoms with Crippen molar-refractivity contribution >= 4 is 11.9 Å². The van der Waals surface area contributed by atoms with Gasteiger partial charge >= 0.3 is 11.9 Å². The van der Waals surface area contributed by atoms with Crippen LogP contribution in [0.4, 0.5) is 0 Å². The standard InChI is InChI=1S/C20H30O10/c21-9-1-3-15(25)17(11-23)29-19(27)13-5-7-14(8-6-13)20(28)30-18(12-24)16(26)4-2-10-22/h5-8,15-18,21-26H,1-4,9-12H2. The number of ether oxygens (including phenoxy) is 2. The summed E-state index contributed by atoms with van der Waals surface area (Å²) in [7, 11) is 0. The van der Waals surface area contributed by atoms with Crippen LogP contribution in [0.1, 0.15) is 46.4 Å². The van der Waals surface area contributed by atoms with Crippen molar-refractivity contribution in [2.75, 3.05) is 26.4 Å². The second-order valence-corrected chi connectivity index (χ2v) is 6.70. The fourth-order valence-corrected chi connectivity index (χ4v) is 2.60. The quantitative estimate of drug-likeness (QED) is 0.201. The first-order chi connectivity index (χ1) is 14.4. The molecule has 30 heavy (non-hydrogen) atoms. The molecule has 4 unspecified atom stereocenters. The molecule has 0 amide bonds. The van der Waals surface area contributed by atoms with Crippen molar-refractivity contribution in [1.29, 1.82) is 0 Å². The fraction of sp³-hybridized carbons (Fsp3) is 0.600. The highest BCUT2D eigenvalue weighted by molar-refractivity contribution is 5.93. The molecule has 0 fully saturated rings. The van der Waals surface area contributed by atoms with E-state index in [0.29, 0.717) is 0 Å². The van der Waals surface area contributed by atoms with Crippen molar-refractivity contribution in [3.8, 4) is 0 Å². The van der Waals surface area contributed by atoms with Crippen molar-refractivity contribution < 1.29 is 49.7 Å². The second-order valence-electron chi connectivity index (χ2n) is 6.70. The van der Waals surface area contributed by atoms with Crippen molar-refractivity contribution in [3.63, 3.8) is 0 Å². The maximum atomic E-state index is 12.2. The van der Waals surface area contributed by atoms with Crippen LogP contribution in [0.5, 0.6) is 0 Å². The smallest absolute Gasteiger partial charge is 0.338 e. The molecule has 0 aliphatic carbocycles. The van der Waals surface area contributed by atoms with Gasteiger partial charge in [0, 0.05) is 13.2 Å². The Morgan fingerprint density at radius 1 is 0.700 bits per heavy atom. The Bertz CT molecular complexity index is 578. The molecule has 0 spiro atoms. The molecule has 0 bridgehead atoms. The molecule has 10 heteroatoms. The predicted molar refractivity (Wildman–Crippen MR) is 104 cm³/mol. The molecule has 4 atom stereocenters. The number of aliphatic hydroxyl groups excluding tert-OH is 6. The van der Waals surface area contributed by atoms with Crippen molar-refractivity contribution in [1.82, 2.24) is 0 Å². The van der Waals surface area contributed by atoms with E-state index in [-0.39, 0.29) is 50.0 Å². The zero-order chi connectivity index (χ0) is 22.5. The van der Waals surface area contributed by atoms with E-state index in [9.17, 15) is 30.0 Å². The van der Waals surface area contributed by atoms with E-state index in [1.807, 2.05) is 0 Å². The number of benzene rings is 1. The minimum absolute atomic E-state index is 0.0704. The molecule has 1 aromatic rings. The molecule has 0 aliphatic heterocycles. The summed E-state index contributed by atoms with van der Waals surface area (Å²) in [5.74, 6) is -1.63. The molecule has 6 N–H and O–H groups in total. The Hall–Kier alpha value is -2.08. The van der Waals surface area contributed by atoms with E-state index >= 15 is 0 Å². The zero-order valence-electron chi connectivity index (χ0n) is 16.6. The minimum Gasteiger partial charge on any atom is -0.454 e. The Kier molecular flexibility index (Phi) is 12.1. The normalized spacial score (nSPS) is 15.1. The summed E-state index contributed by atoms with van der Waals surface area (Å²) in [6.45, 7) is -1.47. The maximum absolute atomic E-state index is 12.2. The van der Waals surface area contributed by atoms with Crippen LogP contribution in [0.2, 0.25) is 0 Å². The monoisotopic (exact) mass is 430 g/mol. The van der Waals surface area contributed by atoms with Crippen LogP contribution in [0.15, 0.2) is 24.3 Å².